The normalized spacial score (nSPS) is 20.2. The lowest BCUT2D eigenvalue weighted by atomic mass is 9.42. The Balaban J connectivity index is 1.22. The third kappa shape index (κ3) is 4.80. The van der Waals surface area contributed by atoms with Crippen LogP contribution in [-0.2, 0) is 27.1 Å². The Labute approximate surface area is 347 Å². The van der Waals surface area contributed by atoms with Crippen LogP contribution in [0.2, 0.25) is 0 Å². The molecule has 0 saturated heterocycles. The van der Waals surface area contributed by atoms with Gasteiger partial charge >= 0.3 is 6.85 Å². The number of nitrogens with zero attached hydrogens (tertiary/aromatic N) is 2. The van der Waals surface area contributed by atoms with E-state index in [9.17, 15) is 0 Å². The summed E-state index contributed by atoms with van der Waals surface area (Å²) in [5.74, 6) is 0. The summed E-state index contributed by atoms with van der Waals surface area (Å²) >= 11 is 0. The summed E-state index contributed by atoms with van der Waals surface area (Å²) in [6, 6.07) is 45.1. The van der Waals surface area contributed by atoms with E-state index in [1.807, 2.05) is 0 Å². The van der Waals surface area contributed by atoms with Crippen LogP contribution in [0.5, 0.6) is 0 Å². The first-order chi connectivity index (χ1) is 27.5. The minimum absolute atomic E-state index is 0.00981. The molecule has 5 aliphatic rings. The zero-order chi connectivity index (χ0) is 40.3. The molecule has 0 bridgehead atoms. The van der Waals surface area contributed by atoms with Crippen molar-refractivity contribution in [3.63, 3.8) is 0 Å². The Kier molecular flexibility index (Phi) is 7.21. The summed E-state index contributed by atoms with van der Waals surface area (Å²) in [6.07, 6.45) is 4.80. The van der Waals surface area contributed by atoms with Crippen LogP contribution in [0.1, 0.15) is 128 Å². The van der Waals surface area contributed by atoms with Crippen molar-refractivity contribution in [1.29, 1.82) is 0 Å². The van der Waals surface area contributed by atoms with Crippen LogP contribution in [0, 0.1) is 0 Å². The van der Waals surface area contributed by atoms with Crippen LogP contribution in [0.15, 0.2) is 115 Å². The van der Waals surface area contributed by atoms with Crippen molar-refractivity contribution in [2.24, 2.45) is 0 Å². The Morgan fingerprint density at radius 3 is 1.62 bits per heavy atom. The van der Waals surface area contributed by atoms with Gasteiger partial charge in [-0.15, -0.1) is 0 Å². The minimum atomic E-state index is -0.178. The van der Waals surface area contributed by atoms with E-state index in [-0.39, 0.29) is 33.9 Å². The standard InChI is InChI=1S/C55H57BN2/c1-51(2)26-28-53(5,6)42-32-47-38(30-40(42)51)37-18-14-21-46-49(37)56(58(47)36-24-22-35(23-25-36)34-16-12-11-13-17-34)45-20-15-19-39-50(45)57(46)48-33-43-41(31-44(48)55(39,9)10)52(3,4)27-29-54(43,7)8/h11-25,30-33H,26-29H2,1-10H3. The second-order valence-corrected chi connectivity index (χ2v) is 21.5. The molecule has 3 heterocycles. The predicted molar refractivity (Wildman–Crippen MR) is 248 cm³/mol. The highest BCUT2D eigenvalue weighted by atomic mass is 15.2. The van der Waals surface area contributed by atoms with Gasteiger partial charge in [0.1, 0.15) is 0 Å². The van der Waals surface area contributed by atoms with Crippen LogP contribution >= 0.6 is 0 Å². The molecule has 290 valence electrons. The Morgan fingerprint density at radius 2 is 0.983 bits per heavy atom. The number of benzene rings is 6. The Morgan fingerprint density at radius 1 is 0.431 bits per heavy atom. The molecule has 2 nitrogen and oxygen atoms in total. The van der Waals surface area contributed by atoms with Gasteiger partial charge in [-0.1, -0.05) is 148 Å². The quantitative estimate of drug-likeness (QED) is 0.162. The third-order valence-electron chi connectivity index (χ3n) is 15.8. The molecule has 0 fully saturated rings. The fourth-order valence-corrected chi connectivity index (χ4v) is 11.9. The van der Waals surface area contributed by atoms with Gasteiger partial charge in [0.25, 0.3) is 0 Å². The van der Waals surface area contributed by atoms with E-state index in [4.69, 9.17) is 0 Å². The number of para-hydroxylation sites is 1. The first-order valence-corrected chi connectivity index (χ1v) is 21.9. The zero-order valence-electron chi connectivity index (χ0n) is 36.3. The Hall–Kier alpha value is -5.02. The van der Waals surface area contributed by atoms with Crippen LogP contribution in [0.4, 0.5) is 28.4 Å². The highest BCUT2D eigenvalue weighted by Gasteiger charge is 2.51. The van der Waals surface area contributed by atoms with Gasteiger partial charge in [0.15, 0.2) is 0 Å². The molecule has 0 unspecified atom stereocenters. The maximum absolute atomic E-state index is 2.72. The molecule has 3 aliphatic heterocycles. The SMILES string of the molecule is CC1(C)CCC(C)(C)c2cc3c(cc21)-c1cccc2c1B(c1cccc4c1N2c1cc2c(cc1C4(C)C)C(C)(C)CCC2(C)C)N3c1ccc(-c2ccccc2)cc1. The lowest BCUT2D eigenvalue weighted by Crippen LogP contribution is -2.62. The second kappa shape index (κ2) is 11.6. The number of hydrogen-bond donors (Lipinski definition) is 0. The number of fused-ring (bicyclic) bond motifs is 8. The highest BCUT2D eigenvalue weighted by Crippen LogP contribution is 2.59. The van der Waals surface area contributed by atoms with Gasteiger partial charge in [-0.05, 0) is 145 Å². The van der Waals surface area contributed by atoms with Crippen molar-refractivity contribution in [2.75, 3.05) is 9.71 Å². The molecule has 2 aliphatic carbocycles. The summed E-state index contributed by atoms with van der Waals surface area (Å²) in [5.41, 5.74) is 23.9. The largest absolute Gasteiger partial charge is 0.376 e. The molecule has 3 heteroatoms. The van der Waals surface area contributed by atoms with Crippen molar-refractivity contribution < 1.29 is 0 Å². The summed E-state index contributed by atoms with van der Waals surface area (Å²) < 4.78 is 0. The summed E-state index contributed by atoms with van der Waals surface area (Å²) in [4.78, 5) is 5.42. The summed E-state index contributed by atoms with van der Waals surface area (Å²) in [7, 11) is 0. The van der Waals surface area contributed by atoms with Crippen LogP contribution in [-0.4, -0.2) is 6.85 Å². The van der Waals surface area contributed by atoms with E-state index in [1.165, 1.54) is 121 Å². The summed E-state index contributed by atoms with van der Waals surface area (Å²) in [6.45, 7) is 24.7. The van der Waals surface area contributed by atoms with Gasteiger partial charge in [-0.3, -0.25) is 0 Å². The van der Waals surface area contributed by atoms with Crippen molar-refractivity contribution in [3.05, 3.63) is 149 Å². The second-order valence-electron chi connectivity index (χ2n) is 21.5. The van der Waals surface area contributed by atoms with E-state index in [0.717, 1.165) is 0 Å². The number of anilines is 5. The molecule has 0 spiro atoms. The molecule has 6 aromatic rings. The van der Waals surface area contributed by atoms with Crippen molar-refractivity contribution in [3.8, 4) is 22.3 Å². The molecule has 6 aromatic carbocycles. The first kappa shape index (κ1) is 36.1. The lowest BCUT2D eigenvalue weighted by molar-refractivity contribution is 0.331. The lowest BCUT2D eigenvalue weighted by Gasteiger charge is -2.52. The van der Waals surface area contributed by atoms with Crippen molar-refractivity contribution >= 4 is 46.2 Å². The van der Waals surface area contributed by atoms with Gasteiger partial charge < -0.3 is 9.71 Å². The molecule has 0 saturated carbocycles. The van der Waals surface area contributed by atoms with Crippen LogP contribution in [0.25, 0.3) is 22.3 Å². The zero-order valence-corrected chi connectivity index (χ0v) is 36.3. The van der Waals surface area contributed by atoms with Crippen LogP contribution in [0.3, 0.4) is 0 Å². The minimum Gasteiger partial charge on any atom is -0.376 e. The molecule has 0 aromatic heterocycles. The van der Waals surface area contributed by atoms with Crippen molar-refractivity contribution in [2.45, 2.75) is 122 Å². The van der Waals surface area contributed by atoms with E-state index >= 15 is 0 Å². The predicted octanol–water partition coefficient (Wildman–Crippen LogP) is 13.4. The van der Waals surface area contributed by atoms with E-state index in [1.54, 1.807) is 0 Å². The molecule has 0 N–H and O–H groups in total. The fraction of sp³-hybridized carbons (Fsp3) is 0.345. The summed E-state index contributed by atoms with van der Waals surface area (Å²) in [5, 5.41) is 0. The van der Waals surface area contributed by atoms with Crippen LogP contribution < -0.4 is 20.6 Å². The topological polar surface area (TPSA) is 6.48 Å². The van der Waals surface area contributed by atoms with E-state index in [2.05, 4.69) is 194 Å². The Bertz CT molecular complexity index is 2710. The average molecular weight is 757 g/mol. The van der Waals surface area contributed by atoms with Gasteiger partial charge in [0, 0.05) is 33.7 Å². The maximum atomic E-state index is 2.72. The molecular weight excluding hydrogens is 699 g/mol. The molecule has 11 rings (SSSR count). The third-order valence-corrected chi connectivity index (χ3v) is 15.8. The molecule has 0 atom stereocenters. The maximum Gasteiger partial charge on any atom is 0.333 e. The molecule has 0 amide bonds. The van der Waals surface area contributed by atoms with Gasteiger partial charge in [-0.2, -0.15) is 0 Å². The monoisotopic (exact) mass is 756 g/mol. The average Bonchev–Trinajstić information content (AvgIpc) is 3.20. The van der Waals surface area contributed by atoms with E-state index in [0.29, 0.717) is 0 Å². The number of hydrogen-bond acceptors (Lipinski definition) is 2. The van der Waals surface area contributed by atoms with Gasteiger partial charge in [0.2, 0.25) is 0 Å². The highest BCUT2D eigenvalue weighted by molar-refractivity contribution is 6.93. The molecule has 0 radical (unpaired) electrons. The number of rotatable bonds is 2. The molecular formula is C55H57BN2. The van der Waals surface area contributed by atoms with Gasteiger partial charge in [0.05, 0.1) is 5.69 Å². The van der Waals surface area contributed by atoms with E-state index < -0.39 is 0 Å². The first-order valence-electron chi connectivity index (χ1n) is 21.9. The molecule has 58 heavy (non-hydrogen) atoms. The van der Waals surface area contributed by atoms with Crippen molar-refractivity contribution in [1.82, 2.24) is 0 Å². The smallest absolute Gasteiger partial charge is 0.333 e. The van der Waals surface area contributed by atoms with Gasteiger partial charge in [-0.25, -0.2) is 0 Å². The fourth-order valence-electron chi connectivity index (χ4n) is 11.9.